The second-order valence-corrected chi connectivity index (χ2v) is 6.32. The summed E-state index contributed by atoms with van der Waals surface area (Å²) in [6.07, 6.45) is 7.53. The Morgan fingerprint density at radius 2 is 1.96 bits per heavy atom. The van der Waals surface area contributed by atoms with Gasteiger partial charge in [0.2, 0.25) is 0 Å². The molecular weight excluding hydrogens is 288 g/mol. The SMILES string of the molecule is O=C(O)CCCCCc1nn(Cc2ccccc2)c2c1CCC2. The molecule has 4 nitrogen and oxygen atoms in total. The van der Waals surface area contributed by atoms with E-state index in [1.165, 1.54) is 28.9 Å². The molecule has 0 fully saturated rings. The van der Waals surface area contributed by atoms with Gasteiger partial charge in [-0.15, -0.1) is 0 Å². The van der Waals surface area contributed by atoms with Crippen LogP contribution in [0.15, 0.2) is 30.3 Å². The fraction of sp³-hybridized carbons (Fsp3) is 0.474. The number of benzene rings is 1. The highest BCUT2D eigenvalue weighted by Crippen LogP contribution is 2.27. The number of hydrogen-bond donors (Lipinski definition) is 1. The van der Waals surface area contributed by atoms with Crippen molar-refractivity contribution < 1.29 is 9.90 Å². The molecule has 4 heteroatoms. The summed E-state index contributed by atoms with van der Waals surface area (Å²) in [7, 11) is 0. The Hall–Kier alpha value is -2.10. The number of hydrogen-bond acceptors (Lipinski definition) is 2. The second-order valence-electron chi connectivity index (χ2n) is 6.32. The van der Waals surface area contributed by atoms with E-state index in [9.17, 15) is 4.79 Å². The summed E-state index contributed by atoms with van der Waals surface area (Å²) in [6, 6.07) is 10.5. The van der Waals surface area contributed by atoms with E-state index in [1.54, 1.807) is 0 Å². The molecule has 0 saturated carbocycles. The van der Waals surface area contributed by atoms with Crippen molar-refractivity contribution in [1.29, 1.82) is 0 Å². The molecule has 1 aliphatic rings. The summed E-state index contributed by atoms with van der Waals surface area (Å²) in [6.45, 7) is 0.849. The largest absolute Gasteiger partial charge is 0.481 e. The van der Waals surface area contributed by atoms with Gasteiger partial charge in [0, 0.05) is 12.1 Å². The quantitative estimate of drug-likeness (QED) is 0.758. The summed E-state index contributed by atoms with van der Waals surface area (Å²) in [5.74, 6) is -0.696. The van der Waals surface area contributed by atoms with Gasteiger partial charge in [0.1, 0.15) is 0 Å². The number of carboxylic acids is 1. The van der Waals surface area contributed by atoms with Crippen molar-refractivity contribution in [2.24, 2.45) is 0 Å². The first-order valence-electron chi connectivity index (χ1n) is 8.57. The minimum Gasteiger partial charge on any atom is -0.481 e. The zero-order valence-corrected chi connectivity index (χ0v) is 13.5. The van der Waals surface area contributed by atoms with E-state index in [1.807, 2.05) is 6.07 Å². The van der Waals surface area contributed by atoms with Gasteiger partial charge in [0.25, 0.3) is 0 Å². The van der Waals surface area contributed by atoms with Crippen LogP contribution in [0.1, 0.15) is 54.6 Å². The number of unbranched alkanes of at least 4 members (excludes halogenated alkanes) is 2. The van der Waals surface area contributed by atoms with Crippen LogP contribution in [0.25, 0.3) is 0 Å². The molecule has 0 aliphatic heterocycles. The number of nitrogens with zero attached hydrogens (tertiary/aromatic N) is 2. The van der Waals surface area contributed by atoms with E-state index in [0.717, 1.165) is 45.1 Å². The van der Waals surface area contributed by atoms with Gasteiger partial charge >= 0.3 is 5.97 Å². The minimum atomic E-state index is -0.696. The molecule has 0 bridgehead atoms. The monoisotopic (exact) mass is 312 g/mol. The van der Waals surface area contributed by atoms with E-state index in [2.05, 4.69) is 28.9 Å². The van der Waals surface area contributed by atoms with E-state index >= 15 is 0 Å². The van der Waals surface area contributed by atoms with Gasteiger partial charge in [-0.3, -0.25) is 9.48 Å². The average Bonchev–Trinajstić information content (AvgIpc) is 3.13. The van der Waals surface area contributed by atoms with Crippen molar-refractivity contribution in [2.75, 3.05) is 0 Å². The number of carbonyl (C=O) groups is 1. The highest BCUT2D eigenvalue weighted by Gasteiger charge is 2.21. The Morgan fingerprint density at radius 1 is 1.13 bits per heavy atom. The normalized spacial score (nSPS) is 13.2. The lowest BCUT2D eigenvalue weighted by molar-refractivity contribution is -0.137. The molecular formula is C19H24N2O2. The summed E-state index contributed by atoms with van der Waals surface area (Å²) in [5, 5.41) is 13.5. The lowest BCUT2D eigenvalue weighted by Gasteiger charge is -2.05. The van der Waals surface area contributed by atoms with Crippen molar-refractivity contribution in [3.05, 3.63) is 52.8 Å². The highest BCUT2D eigenvalue weighted by molar-refractivity contribution is 5.66. The Bertz CT molecular complexity index is 662. The van der Waals surface area contributed by atoms with Gasteiger partial charge in [-0.2, -0.15) is 5.10 Å². The van der Waals surface area contributed by atoms with E-state index in [4.69, 9.17) is 10.2 Å². The maximum atomic E-state index is 10.5. The Kier molecular flexibility index (Phi) is 5.11. The molecule has 1 N–H and O–H groups in total. The third kappa shape index (κ3) is 4.01. The molecule has 0 saturated heterocycles. The number of aryl methyl sites for hydroxylation is 1. The second kappa shape index (κ2) is 7.44. The third-order valence-electron chi connectivity index (χ3n) is 4.57. The smallest absolute Gasteiger partial charge is 0.303 e. The van der Waals surface area contributed by atoms with E-state index in [-0.39, 0.29) is 6.42 Å². The van der Waals surface area contributed by atoms with Gasteiger partial charge in [-0.1, -0.05) is 36.8 Å². The van der Waals surface area contributed by atoms with Crippen LogP contribution in [0.3, 0.4) is 0 Å². The molecule has 0 atom stereocenters. The number of rotatable bonds is 8. The molecule has 23 heavy (non-hydrogen) atoms. The molecule has 122 valence electrons. The van der Waals surface area contributed by atoms with Crippen molar-refractivity contribution >= 4 is 5.97 Å². The predicted octanol–water partition coefficient (Wildman–Crippen LogP) is 3.61. The minimum absolute atomic E-state index is 0.278. The van der Waals surface area contributed by atoms with Crippen molar-refractivity contribution in [2.45, 2.75) is 57.9 Å². The predicted molar refractivity (Wildman–Crippen MR) is 89.6 cm³/mol. The van der Waals surface area contributed by atoms with Crippen LogP contribution < -0.4 is 0 Å². The summed E-state index contributed by atoms with van der Waals surface area (Å²) in [4.78, 5) is 10.5. The van der Waals surface area contributed by atoms with Crippen LogP contribution in [-0.4, -0.2) is 20.9 Å². The average molecular weight is 312 g/mol. The van der Waals surface area contributed by atoms with Gasteiger partial charge in [0.05, 0.1) is 12.2 Å². The van der Waals surface area contributed by atoms with Gasteiger partial charge in [-0.25, -0.2) is 0 Å². The van der Waals surface area contributed by atoms with Crippen LogP contribution >= 0.6 is 0 Å². The first-order valence-corrected chi connectivity index (χ1v) is 8.57. The van der Waals surface area contributed by atoms with Crippen molar-refractivity contribution in [1.82, 2.24) is 9.78 Å². The van der Waals surface area contributed by atoms with Crippen LogP contribution in [0.2, 0.25) is 0 Å². The number of fused-ring (bicyclic) bond motifs is 1. The summed E-state index contributed by atoms with van der Waals surface area (Å²) in [5.41, 5.74) is 5.40. The van der Waals surface area contributed by atoms with E-state index < -0.39 is 5.97 Å². The molecule has 2 aromatic rings. The van der Waals surface area contributed by atoms with Crippen LogP contribution in [-0.2, 0) is 30.6 Å². The van der Waals surface area contributed by atoms with Crippen LogP contribution in [0.5, 0.6) is 0 Å². The molecule has 1 aromatic heterocycles. The van der Waals surface area contributed by atoms with E-state index in [0.29, 0.717) is 0 Å². The molecule has 0 unspecified atom stereocenters. The number of carboxylic acid groups (broad SMARTS) is 1. The van der Waals surface area contributed by atoms with Crippen molar-refractivity contribution in [3.63, 3.8) is 0 Å². The zero-order chi connectivity index (χ0) is 16.1. The Morgan fingerprint density at radius 3 is 2.74 bits per heavy atom. The third-order valence-corrected chi connectivity index (χ3v) is 4.57. The molecule has 0 amide bonds. The molecule has 0 spiro atoms. The maximum absolute atomic E-state index is 10.5. The fourth-order valence-corrected chi connectivity index (χ4v) is 3.42. The lowest BCUT2D eigenvalue weighted by Crippen LogP contribution is -2.06. The maximum Gasteiger partial charge on any atom is 0.303 e. The van der Waals surface area contributed by atoms with Crippen molar-refractivity contribution in [3.8, 4) is 0 Å². The summed E-state index contributed by atoms with van der Waals surface area (Å²) >= 11 is 0. The standard InChI is InChI=1S/C19H24N2O2/c22-19(23)13-6-2-5-11-17-16-10-7-12-18(16)21(20-17)14-15-8-3-1-4-9-15/h1,3-4,8-9H,2,5-7,10-14H2,(H,22,23). The first kappa shape index (κ1) is 15.8. The first-order chi connectivity index (χ1) is 11.2. The van der Waals surface area contributed by atoms with Crippen LogP contribution in [0, 0.1) is 0 Å². The Balaban J connectivity index is 1.63. The fourth-order valence-electron chi connectivity index (χ4n) is 3.42. The molecule has 3 rings (SSSR count). The molecule has 1 aromatic carbocycles. The Labute approximate surface area is 137 Å². The molecule has 1 aliphatic carbocycles. The number of aromatic nitrogens is 2. The number of aliphatic carboxylic acids is 1. The zero-order valence-electron chi connectivity index (χ0n) is 13.5. The lowest BCUT2D eigenvalue weighted by atomic mass is 10.1. The van der Waals surface area contributed by atoms with Gasteiger partial charge < -0.3 is 5.11 Å². The topological polar surface area (TPSA) is 55.1 Å². The van der Waals surface area contributed by atoms with Gasteiger partial charge in [0.15, 0.2) is 0 Å². The highest BCUT2D eigenvalue weighted by atomic mass is 16.4. The molecule has 1 heterocycles. The summed E-state index contributed by atoms with van der Waals surface area (Å²) < 4.78 is 2.18. The van der Waals surface area contributed by atoms with Crippen LogP contribution in [0.4, 0.5) is 0 Å². The molecule has 0 radical (unpaired) electrons. The van der Waals surface area contributed by atoms with Gasteiger partial charge in [-0.05, 0) is 49.7 Å².